The maximum Gasteiger partial charge on any atom is 0.255 e. The molecule has 2 unspecified atom stereocenters. The quantitative estimate of drug-likeness (QED) is 0.843. The second-order valence-electron chi connectivity index (χ2n) is 5.20. The van der Waals surface area contributed by atoms with E-state index in [0.717, 1.165) is 12.8 Å². The van der Waals surface area contributed by atoms with Crippen LogP contribution in [-0.2, 0) is 0 Å². The van der Waals surface area contributed by atoms with Crippen LogP contribution in [0.4, 0.5) is 0 Å². The van der Waals surface area contributed by atoms with Gasteiger partial charge in [0, 0.05) is 11.9 Å². The Kier molecular flexibility index (Phi) is 5.72. The highest BCUT2D eigenvalue weighted by atomic mass is 35.5. The molecule has 0 heterocycles. The lowest BCUT2D eigenvalue weighted by Gasteiger charge is -2.27. The first-order valence-corrected chi connectivity index (χ1v) is 7.80. The van der Waals surface area contributed by atoms with Gasteiger partial charge < -0.3 is 10.1 Å². The maximum atomic E-state index is 12.3. The van der Waals surface area contributed by atoms with Crippen LogP contribution < -0.4 is 10.1 Å². The molecule has 1 aliphatic rings. The Morgan fingerprint density at radius 3 is 2.85 bits per heavy atom. The van der Waals surface area contributed by atoms with Crippen LogP contribution in [0.1, 0.15) is 43.0 Å². The molecule has 1 N–H and O–H groups in total. The number of hydrogen-bond donors (Lipinski definition) is 1. The van der Waals surface area contributed by atoms with Crippen molar-refractivity contribution in [1.82, 2.24) is 5.32 Å². The van der Waals surface area contributed by atoms with Crippen LogP contribution in [0.2, 0.25) is 0 Å². The highest BCUT2D eigenvalue weighted by molar-refractivity contribution is 6.20. The SMILES string of the molecule is CCOc1ccccc1C(=O)NCC1CCCCC1Cl. The molecule has 0 aliphatic heterocycles. The minimum absolute atomic E-state index is 0.0801. The molecule has 0 radical (unpaired) electrons. The average Bonchev–Trinajstić information content (AvgIpc) is 2.47. The van der Waals surface area contributed by atoms with E-state index in [4.69, 9.17) is 16.3 Å². The summed E-state index contributed by atoms with van der Waals surface area (Å²) in [6.45, 7) is 3.11. The molecule has 1 saturated carbocycles. The van der Waals surface area contributed by atoms with Crippen molar-refractivity contribution in [2.75, 3.05) is 13.2 Å². The zero-order valence-electron chi connectivity index (χ0n) is 11.9. The lowest BCUT2D eigenvalue weighted by Crippen LogP contribution is -2.34. The van der Waals surface area contributed by atoms with Gasteiger partial charge in [-0.25, -0.2) is 0 Å². The zero-order valence-corrected chi connectivity index (χ0v) is 12.7. The fraction of sp³-hybridized carbons (Fsp3) is 0.562. The lowest BCUT2D eigenvalue weighted by atomic mass is 9.88. The summed E-state index contributed by atoms with van der Waals surface area (Å²) in [5.41, 5.74) is 0.594. The number of halogens is 1. The number of nitrogens with one attached hydrogen (secondary N) is 1. The van der Waals surface area contributed by atoms with E-state index in [0.29, 0.717) is 30.4 Å². The Morgan fingerprint density at radius 1 is 1.35 bits per heavy atom. The normalized spacial score (nSPS) is 22.3. The summed E-state index contributed by atoms with van der Waals surface area (Å²) in [4.78, 5) is 12.3. The second-order valence-corrected chi connectivity index (χ2v) is 5.76. The third-order valence-electron chi connectivity index (χ3n) is 3.77. The average molecular weight is 296 g/mol. The van der Waals surface area contributed by atoms with Crippen molar-refractivity contribution in [3.05, 3.63) is 29.8 Å². The van der Waals surface area contributed by atoms with Gasteiger partial charge >= 0.3 is 0 Å². The number of alkyl halides is 1. The fourth-order valence-electron chi connectivity index (χ4n) is 2.65. The van der Waals surface area contributed by atoms with E-state index >= 15 is 0 Å². The first-order chi connectivity index (χ1) is 9.72. The van der Waals surface area contributed by atoms with Gasteiger partial charge in [-0.3, -0.25) is 4.79 Å². The number of hydrogen-bond acceptors (Lipinski definition) is 2. The molecule has 20 heavy (non-hydrogen) atoms. The van der Waals surface area contributed by atoms with Gasteiger partial charge in [-0.1, -0.05) is 25.0 Å². The molecule has 0 saturated heterocycles. The molecule has 1 amide bonds. The van der Waals surface area contributed by atoms with Crippen molar-refractivity contribution in [2.45, 2.75) is 38.0 Å². The van der Waals surface area contributed by atoms with Crippen LogP contribution in [0, 0.1) is 5.92 Å². The number of carbonyl (C=O) groups excluding carboxylic acids is 1. The molecule has 110 valence electrons. The predicted molar refractivity (Wildman–Crippen MR) is 81.5 cm³/mol. The van der Waals surface area contributed by atoms with Crippen LogP contribution >= 0.6 is 11.6 Å². The van der Waals surface area contributed by atoms with Gasteiger partial charge in [0.1, 0.15) is 5.75 Å². The molecule has 2 atom stereocenters. The molecule has 1 aromatic rings. The first-order valence-electron chi connectivity index (χ1n) is 7.36. The van der Waals surface area contributed by atoms with Crippen LogP contribution in [0.25, 0.3) is 0 Å². The standard InChI is InChI=1S/C16H22ClNO2/c1-2-20-15-10-6-4-8-13(15)16(19)18-11-12-7-3-5-9-14(12)17/h4,6,8,10,12,14H,2-3,5,7,9,11H2,1H3,(H,18,19). The Hall–Kier alpha value is -1.22. The molecular weight excluding hydrogens is 274 g/mol. The Labute approximate surface area is 125 Å². The molecule has 3 nitrogen and oxygen atoms in total. The largest absolute Gasteiger partial charge is 0.493 e. The number of rotatable bonds is 5. The van der Waals surface area contributed by atoms with Crippen LogP contribution in [0.15, 0.2) is 24.3 Å². The molecule has 2 rings (SSSR count). The second kappa shape index (κ2) is 7.53. The van der Waals surface area contributed by atoms with E-state index in [-0.39, 0.29) is 11.3 Å². The van der Waals surface area contributed by atoms with Gasteiger partial charge in [0.05, 0.1) is 12.2 Å². The lowest BCUT2D eigenvalue weighted by molar-refractivity contribution is 0.0940. The molecule has 1 fully saturated rings. The summed E-state index contributed by atoms with van der Waals surface area (Å²) >= 11 is 6.32. The monoisotopic (exact) mass is 295 g/mol. The summed E-state index contributed by atoms with van der Waals surface area (Å²) in [5.74, 6) is 0.940. The van der Waals surface area contributed by atoms with Gasteiger partial charge in [0.15, 0.2) is 0 Å². The smallest absolute Gasteiger partial charge is 0.255 e. The summed E-state index contributed by atoms with van der Waals surface area (Å²) in [6, 6.07) is 7.34. The molecule has 0 spiro atoms. The van der Waals surface area contributed by atoms with Crippen molar-refractivity contribution >= 4 is 17.5 Å². The molecule has 1 aromatic carbocycles. The highest BCUT2D eigenvalue weighted by Crippen LogP contribution is 2.28. The van der Waals surface area contributed by atoms with Crippen molar-refractivity contribution in [3.63, 3.8) is 0 Å². The van der Waals surface area contributed by atoms with Crippen molar-refractivity contribution in [3.8, 4) is 5.75 Å². The minimum atomic E-state index is -0.0801. The predicted octanol–water partition coefficient (Wildman–Crippen LogP) is 3.61. The number of benzene rings is 1. The van der Waals surface area contributed by atoms with Gasteiger partial charge in [-0.05, 0) is 37.8 Å². The van der Waals surface area contributed by atoms with E-state index in [1.165, 1.54) is 12.8 Å². The number of amides is 1. The van der Waals surface area contributed by atoms with Gasteiger partial charge in [0.2, 0.25) is 0 Å². The molecular formula is C16H22ClNO2. The Morgan fingerprint density at radius 2 is 2.10 bits per heavy atom. The summed E-state index contributed by atoms with van der Waals surface area (Å²) in [5, 5.41) is 3.18. The van der Waals surface area contributed by atoms with Gasteiger partial charge in [-0.15, -0.1) is 11.6 Å². The molecule has 0 aromatic heterocycles. The summed E-state index contributed by atoms with van der Waals surface area (Å²) in [6.07, 6.45) is 4.56. The van der Waals surface area contributed by atoms with E-state index in [9.17, 15) is 4.79 Å². The topological polar surface area (TPSA) is 38.3 Å². The van der Waals surface area contributed by atoms with Crippen LogP contribution in [0.5, 0.6) is 5.75 Å². The zero-order chi connectivity index (χ0) is 14.4. The van der Waals surface area contributed by atoms with Gasteiger partial charge in [0.25, 0.3) is 5.91 Å². The van der Waals surface area contributed by atoms with Crippen LogP contribution in [0.3, 0.4) is 0 Å². The summed E-state index contributed by atoms with van der Waals surface area (Å²) < 4.78 is 5.48. The third-order valence-corrected chi connectivity index (χ3v) is 4.35. The van der Waals surface area contributed by atoms with E-state index in [1.807, 2.05) is 25.1 Å². The fourth-order valence-corrected chi connectivity index (χ4v) is 3.02. The van der Waals surface area contributed by atoms with Crippen molar-refractivity contribution in [2.24, 2.45) is 5.92 Å². The van der Waals surface area contributed by atoms with Crippen molar-refractivity contribution in [1.29, 1.82) is 0 Å². The molecule has 1 aliphatic carbocycles. The third kappa shape index (κ3) is 3.89. The van der Waals surface area contributed by atoms with E-state index in [1.54, 1.807) is 6.07 Å². The van der Waals surface area contributed by atoms with Crippen LogP contribution in [-0.4, -0.2) is 24.4 Å². The van der Waals surface area contributed by atoms with E-state index < -0.39 is 0 Å². The molecule has 4 heteroatoms. The number of ether oxygens (including phenoxy) is 1. The number of para-hydroxylation sites is 1. The first kappa shape index (κ1) is 15.2. The summed E-state index contributed by atoms with van der Waals surface area (Å²) in [7, 11) is 0. The Bertz CT molecular complexity index is 450. The van der Waals surface area contributed by atoms with Gasteiger partial charge in [-0.2, -0.15) is 0 Å². The maximum absolute atomic E-state index is 12.3. The Balaban J connectivity index is 1.94. The number of carbonyl (C=O) groups is 1. The van der Waals surface area contributed by atoms with E-state index in [2.05, 4.69) is 5.32 Å². The highest BCUT2D eigenvalue weighted by Gasteiger charge is 2.24. The molecule has 0 bridgehead atoms. The van der Waals surface area contributed by atoms with Crippen molar-refractivity contribution < 1.29 is 9.53 Å². The minimum Gasteiger partial charge on any atom is -0.493 e.